The second-order valence-corrected chi connectivity index (χ2v) is 4.62. The molecule has 0 fully saturated rings. The van der Waals surface area contributed by atoms with Crippen molar-refractivity contribution in [3.8, 4) is 0 Å². The average Bonchev–Trinajstić information content (AvgIpc) is 2.30. The number of amides is 1. The SMILES string of the molecule is CCC(C)C(=O)Nc1c(Br)cccc1C(=O)O. The maximum Gasteiger partial charge on any atom is 0.337 e. The number of para-hydroxylation sites is 1. The van der Waals surface area contributed by atoms with Crippen molar-refractivity contribution in [2.45, 2.75) is 20.3 Å². The molecule has 0 aromatic heterocycles. The first-order valence-corrected chi connectivity index (χ1v) is 6.09. The summed E-state index contributed by atoms with van der Waals surface area (Å²) < 4.78 is 0.564. The highest BCUT2D eigenvalue weighted by molar-refractivity contribution is 9.10. The van der Waals surface area contributed by atoms with E-state index >= 15 is 0 Å². The summed E-state index contributed by atoms with van der Waals surface area (Å²) in [6.07, 6.45) is 0.707. The minimum Gasteiger partial charge on any atom is -0.478 e. The zero-order chi connectivity index (χ0) is 13.0. The van der Waals surface area contributed by atoms with Gasteiger partial charge < -0.3 is 10.4 Å². The smallest absolute Gasteiger partial charge is 0.337 e. The Morgan fingerprint density at radius 3 is 2.65 bits per heavy atom. The summed E-state index contributed by atoms with van der Waals surface area (Å²) in [5, 5.41) is 11.7. The first kappa shape index (κ1) is 13.7. The molecule has 1 aromatic carbocycles. The molecule has 1 atom stereocenters. The predicted octanol–water partition coefficient (Wildman–Crippen LogP) is 3.13. The Balaban J connectivity index is 3.05. The largest absolute Gasteiger partial charge is 0.478 e. The minimum atomic E-state index is -1.06. The Morgan fingerprint density at radius 2 is 2.12 bits per heavy atom. The van der Waals surface area contributed by atoms with Crippen LogP contribution in [0.25, 0.3) is 0 Å². The number of anilines is 1. The third kappa shape index (κ3) is 3.30. The normalized spacial score (nSPS) is 11.9. The van der Waals surface area contributed by atoms with Crippen LogP contribution in [0.15, 0.2) is 22.7 Å². The Hall–Kier alpha value is -1.36. The summed E-state index contributed by atoms with van der Waals surface area (Å²) in [5.41, 5.74) is 0.390. The van der Waals surface area contributed by atoms with Crippen LogP contribution in [-0.4, -0.2) is 17.0 Å². The van der Waals surface area contributed by atoms with Gasteiger partial charge in [0.2, 0.25) is 5.91 Å². The van der Waals surface area contributed by atoms with E-state index in [0.29, 0.717) is 16.6 Å². The van der Waals surface area contributed by atoms with Crippen molar-refractivity contribution in [2.75, 3.05) is 5.32 Å². The molecule has 1 amide bonds. The molecule has 1 unspecified atom stereocenters. The number of carbonyl (C=O) groups excluding carboxylic acids is 1. The monoisotopic (exact) mass is 299 g/mol. The second-order valence-electron chi connectivity index (χ2n) is 3.77. The Morgan fingerprint density at radius 1 is 1.47 bits per heavy atom. The van der Waals surface area contributed by atoms with Gasteiger partial charge in [-0.1, -0.05) is 19.9 Å². The van der Waals surface area contributed by atoms with Gasteiger partial charge in [0.25, 0.3) is 0 Å². The van der Waals surface area contributed by atoms with Crippen LogP contribution in [-0.2, 0) is 4.79 Å². The number of rotatable bonds is 4. The molecule has 1 rings (SSSR count). The molecule has 0 bridgehead atoms. The molecule has 0 saturated heterocycles. The maximum atomic E-state index is 11.7. The van der Waals surface area contributed by atoms with Gasteiger partial charge in [-0.05, 0) is 34.5 Å². The lowest BCUT2D eigenvalue weighted by Crippen LogP contribution is -2.21. The van der Waals surface area contributed by atoms with Crippen LogP contribution in [0.2, 0.25) is 0 Å². The van der Waals surface area contributed by atoms with E-state index < -0.39 is 5.97 Å². The highest BCUT2D eigenvalue weighted by Crippen LogP contribution is 2.27. The van der Waals surface area contributed by atoms with Gasteiger partial charge in [0.1, 0.15) is 0 Å². The summed E-state index contributed by atoms with van der Waals surface area (Å²) in [6, 6.07) is 4.77. The average molecular weight is 300 g/mol. The molecule has 0 aliphatic rings. The first-order valence-electron chi connectivity index (χ1n) is 5.30. The van der Waals surface area contributed by atoms with E-state index in [9.17, 15) is 9.59 Å². The molecular formula is C12H14BrNO3. The predicted molar refractivity (Wildman–Crippen MR) is 69.2 cm³/mol. The maximum absolute atomic E-state index is 11.7. The van der Waals surface area contributed by atoms with Gasteiger partial charge in [-0.25, -0.2) is 4.79 Å². The molecular weight excluding hydrogens is 286 g/mol. The van der Waals surface area contributed by atoms with E-state index in [2.05, 4.69) is 21.2 Å². The van der Waals surface area contributed by atoms with Gasteiger partial charge in [0.05, 0.1) is 11.3 Å². The fourth-order valence-electron chi connectivity index (χ4n) is 1.26. The zero-order valence-electron chi connectivity index (χ0n) is 9.66. The van der Waals surface area contributed by atoms with Crippen molar-refractivity contribution in [1.82, 2.24) is 0 Å². The topological polar surface area (TPSA) is 66.4 Å². The third-order valence-corrected chi connectivity index (χ3v) is 3.21. The van der Waals surface area contributed by atoms with E-state index in [1.54, 1.807) is 19.1 Å². The van der Waals surface area contributed by atoms with Crippen molar-refractivity contribution >= 4 is 33.5 Å². The number of carbonyl (C=O) groups is 2. The van der Waals surface area contributed by atoms with Crippen molar-refractivity contribution in [1.29, 1.82) is 0 Å². The molecule has 2 N–H and O–H groups in total. The van der Waals surface area contributed by atoms with Crippen LogP contribution in [0.4, 0.5) is 5.69 Å². The van der Waals surface area contributed by atoms with Crippen LogP contribution < -0.4 is 5.32 Å². The fraction of sp³-hybridized carbons (Fsp3) is 0.333. The Labute approximate surface area is 108 Å². The van der Waals surface area contributed by atoms with Gasteiger partial charge >= 0.3 is 5.97 Å². The summed E-state index contributed by atoms with van der Waals surface area (Å²) >= 11 is 3.24. The van der Waals surface area contributed by atoms with E-state index in [1.165, 1.54) is 6.07 Å². The lowest BCUT2D eigenvalue weighted by molar-refractivity contribution is -0.119. The van der Waals surface area contributed by atoms with E-state index in [4.69, 9.17) is 5.11 Å². The van der Waals surface area contributed by atoms with Gasteiger partial charge in [-0.15, -0.1) is 0 Å². The number of carboxylic acids is 1. The fourth-order valence-corrected chi connectivity index (χ4v) is 1.73. The van der Waals surface area contributed by atoms with Crippen molar-refractivity contribution in [3.63, 3.8) is 0 Å². The second kappa shape index (κ2) is 5.82. The molecule has 0 aliphatic carbocycles. The number of hydrogen-bond acceptors (Lipinski definition) is 2. The number of benzene rings is 1. The highest BCUT2D eigenvalue weighted by atomic mass is 79.9. The van der Waals surface area contributed by atoms with Crippen LogP contribution >= 0.6 is 15.9 Å². The lowest BCUT2D eigenvalue weighted by atomic mass is 10.1. The summed E-state index contributed by atoms with van der Waals surface area (Å²) in [6.45, 7) is 3.70. The van der Waals surface area contributed by atoms with Crippen molar-refractivity contribution < 1.29 is 14.7 Å². The van der Waals surface area contributed by atoms with Gasteiger partial charge in [-0.2, -0.15) is 0 Å². The number of halogens is 1. The highest BCUT2D eigenvalue weighted by Gasteiger charge is 2.17. The Bertz CT molecular complexity index is 445. The number of carboxylic acid groups (broad SMARTS) is 1. The molecule has 1 aromatic rings. The molecule has 0 saturated carbocycles. The van der Waals surface area contributed by atoms with E-state index in [1.807, 2.05) is 6.92 Å². The molecule has 0 spiro atoms. The van der Waals surface area contributed by atoms with Crippen LogP contribution in [0.3, 0.4) is 0 Å². The van der Waals surface area contributed by atoms with Gasteiger partial charge in [0.15, 0.2) is 0 Å². The lowest BCUT2D eigenvalue weighted by Gasteiger charge is -2.13. The number of hydrogen-bond donors (Lipinski definition) is 2. The van der Waals surface area contributed by atoms with Gasteiger partial charge in [0, 0.05) is 10.4 Å². The molecule has 17 heavy (non-hydrogen) atoms. The molecule has 0 heterocycles. The third-order valence-electron chi connectivity index (χ3n) is 2.55. The van der Waals surface area contributed by atoms with Crippen LogP contribution in [0.5, 0.6) is 0 Å². The standard InChI is InChI=1S/C12H14BrNO3/c1-3-7(2)11(15)14-10-8(12(16)17)5-4-6-9(10)13/h4-7H,3H2,1-2H3,(H,14,15)(H,16,17). The quantitative estimate of drug-likeness (QED) is 0.897. The molecule has 0 aliphatic heterocycles. The summed E-state index contributed by atoms with van der Waals surface area (Å²) in [7, 11) is 0. The molecule has 4 nitrogen and oxygen atoms in total. The zero-order valence-corrected chi connectivity index (χ0v) is 11.2. The first-order chi connectivity index (χ1) is 7.97. The van der Waals surface area contributed by atoms with E-state index in [-0.39, 0.29) is 17.4 Å². The molecule has 92 valence electrons. The van der Waals surface area contributed by atoms with Crippen LogP contribution in [0, 0.1) is 5.92 Å². The van der Waals surface area contributed by atoms with Crippen molar-refractivity contribution in [2.24, 2.45) is 5.92 Å². The van der Waals surface area contributed by atoms with Crippen LogP contribution in [0.1, 0.15) is 30.6 Å². The summed E-state index contributed by atoms with van der Waals surface area (Å²) in [5.74, 6) is -1.39. The minimum absolute atomic E-state index is 0.0797. The number of aromatic carboxylic acids is 1. The van der Waals surface area contributed by atoms with E-state index in [0.717, 1.165) is 0 Å². The number of nitrogens with one attached hydrogen (secondary N) is 1. The molecule has 5 heteroatoms. The molecule has 0 radical (unpaired) electrons. The van der Waals surface area contributed by atoms with Crippen molar-refractivity contribution in [3.05, 3.63) is 28.2 Å². The van der Waals surface area contributed by atoms with Gasteiger partial charge in [-0.3, -0.25) is 4.79 Å². The summed E-state index contributed by atoms with van der Waals surface area (Å²) in [4.78, 5) is 22.8. The Kier molecular flexibility index (Phi) is 4.69.